The third kappa shape index (κ3) is 5.99. The first kappa shape index (κ1) is 12.8. The zero-order valence-corrected chi connectivity index (χ0v) is 7.48. The van der Waals surface area contributed by atoms with Crippen molar-refractivity contribution in [1.29, 1.82) is 0 Å². The van der Waals surface area contributed by atoms with Crippen molar-refractivity contribution in [1.82, 2.24) is 0 Å². The third-order valence-electron chi connectivity index (χ3n) is 1.03. The van der Waals surface area contributed by atoms with E-state index in [0.717, 1.165) is 12.2 Å². The first-order valence-electron chi connectivity index (χ1n) is 3.52. The van der Waals surface area contributed by atoms with Crippen molar-refractivity contribution < 1.29 is 24.6 Å². The van der Waals surface area contributed by atoms with Gasteiger partial charge in [-0.1, -0.05) is 13.2 Å². The van der Waals surface area contributed by atoms with E-state index in [0.29, 0.717) is 0 Å². The molecular formula is C6H8N2O7. The maximum absolute atomic E-state index is 9.92. The van der Waals surface area contributed by atoms with Crippen LogP contribution < -0.4 is 0 Å². The Morgan fingerprint density at radius 2 is 1.33 bits per heavy atom. The highest BCUT2D eigenvalue weighted by molar-refractivity contribution is 4.76. The van der Waals surface area contributed by atoms with Crippen molar-refractivity contribution in [2.75, 3.05) is 0 Å². The number of hydrogen-bond acceptors (Lipinski definition) is 7. The molecule has 0 rings (SSSR count). The van der Waals surface area contributed by atoms with Crippen molar-refractivity contribution in [2.45, 2.75) is 12.6 Å². The fourth-order valence-corrected chi connectivity index (χ4v) is 0.549. The highest BCUT2D eigenvalue weighted by Crippen LogP contribution is 2.04. The van der Waals surface area contributed by atoms with Crippen LogP contribution in [0.25, 0.3) is 0 Å². The van der Waals surface area contributed by atoms with Gasteiger partial charge in [0.05, 0.1) is 0 Å². The zero-order chi connectivity index (χ0) is 11.8. The number of hydrogen-bond donors (Lipinski definition) is 0. The predicted octanol–water partition coefficient (Wildman–Crippen LogP) is 0.444. The lowest BCUT2D eigenvalue weighted by Gasteiger charge is -2.16. The van der Waals surface area contributed by atoms with E-state index in [2.05, 4.69) is 27.6 Å². The molecule has 0 amide bonds. The normalized spacial score (nSPS) is 13.3. The fourth-order valence-electron chi connectivity index (χ4n) is 0.549. The average Bonchev–Trinajstić information content (AvgIpc) is 2.14. The molecule has 2 unspecified atom stereocenters. The molecule has 0 saturated carbocycles. The summed E-state index contributed by atoms with van der Waals surface area (Å²) in [6.45, 7) is 6.33. The van der Waals surface area contributed by atoms with Crippen LogP contribution in [0.1, 0.15) is 0 Å². The van der Waals surface area contributed by atoms with Gasteiger partial charge in [0.1, 0.15) is 0 Å². The van der Waals surface area contributed by atoms with E-state index in [1.807, 2.05) is 0 Å². The van der Waals surface area contributed by atoms with E-state index in [-0.39, 0.29) is 0 Å². The van der Waals surface area contributed by atoms with Gasteiger partial charge in [0.2, 0.25) is 12.6 Å². The van der Waals surface area contributed by atoms with E-state index in [9.17, 15) is 20.2 Å². The van der Waals surface area contributed by atoms with Gasteiger partial charge in [-0.15, -0.1) is 20.2 Å². The summed E-state index contributed by atoms with van der Waals surface area (Å²) in [6.07, 6.45) is -1.07. The molecule has 0 aliphatic heterocycles. The second kappa shape index (κ2) is 6.32. The lowest BCUT2D eigenvalue weighted by molar-refractivity contribution is -0.797. The van der Waals surface area contributed by atoms with Crippen LogP contribution in [0.5, 0.6) is 0 Å². The summed E-state index contributed by atoms with van der Waals surface area (Å²) in [6, 6.07) is 0. The quantitative estimate of drug-likeness (QED) is 0.252. The average molecular weight is 220 g/mol. The molecular weight excluding hydrogens is 212 g/mol. The molecule has 0 aromatic carbocycles. The van der Waals surface area contributed by atoms with Crippen molar-refractivity contribution in [3.8, 4) is 0 Å². The zero-order valence-electron chi connectivity index (χ0n) is 7.48. The van der Waals surface area contributed by atoms with Crippen molar-refractivity contribution in [3.05, 3.63) is 45.5 Å². The Hall–Kier alpha value is -2.16. The van der Waals surface area contributed by atoms with Gasteiger partial charge < -0.3 is 4.74 Å². The first-order valence-corrected chi connectivity index (χ1v) is 3.52. The standard InChI is InChI=1S/C6H8N2O7/c1-3-5(14-7(9)10)13-6(4-2)15-8(11)12/h3-6H,1-2H2. The van der Waals surface area contributed by atoms with Crippen LogP contribution >= 0.6 is 0 Å². The molecule has 15 heavy (non-hydrogen) atoms. The molecule has 0 spiro atoms. The Kier molecular flexibility index (Phi) is 5.41. The Morgan fingerprint density at radius 1 is 1.00 bits per heavy atom. The monoisotopic (exact) mass is 220 g/mol. The molecule has 0 radical (unpaired) electrons. The van der Waals surface area contributed by atoms with Gasteiger partial charge in [0.25, 0.3) is 10.2 Å². The minimum absolute atomic E-state index is 0.933. The van der Waals surface area contributed by atoms with E-state index in [4.69, 9.17) is 0 Å². The van der Waals surface area contributed by atoms with Crippen LogP contribution in [0.3, 0.4) is 0 Å². The molecule has 0 bridgehead atoms. The van der Waals surface area contributed by atoms with Crippen molar-refractivity contribution >= 4 is 0 Å². The van der Waals surface area contributed by atoms with Crippen LogP contribution in [0, 0.1) is 20.2 Å². The number of ether oxygens (including phenoxy) is 1. The highest BCUT2D eigenvalue weighted by Gasteiger charge is 2.17. The van der Waals surface area contributed by atoms with Crippen LogP contribution in [0.2, 0.25) is 0 Å². The van der Waals surface area contributed by atoms with Gasteiger partial charge >= 0.3 is 0 Å². The SMILES string of the molecule is C=CC(OC(C=C)O[N+](=O)[O-])O[N+](=O)[O-]. The van der Waals surface area contributed by atoms with Crippen LogP contribution in [0.4, 0.5) is 0 Å². The molecule has 9 nitrogen and oxygen atoms in total. The summed E-state index contributed by atoms with van der Waals surface area (Å²) in [5, 5.41) is 17.6. The largest absolute Gasteiger partial charge is 0.315 e. The van der Waals surface area contributed by atoms with E-state index in [1.165, 1.54) is 0 Å². The minimum Gasteiger partial charge on any atom is -0.315 e. The second-order valence-corrected chi connectivity index (χ2v) is 2.00. The molecule has 9 heteroatoms. The molecule has 0 N–H and O–H groups in total. The fraction of sp³-hybridized carbons (Fsp3) is 0.333. The molecule has 2 atom stereocenters. The van der Waals surface area contributed by atoms with Crippen LogP contribution in [-0.2, 0) is 14.4 Å². The first-order chi connectivity index (χ1) is 6.99. The van der Waals surface area contributed by atoms with E-state index < -0.39 is 22.8 Å². The van der Waals surface area contributed by atoms with Crippen LogP contribution in [0.15, 0.2) is 25.3 Å². The van der Waals surface area contributed by atoms with Crippen molar-refractivity contribution in [3.63, 3.8) is 0 Å². The Bertz CT molecular complexity index is 240. The third-order valence-corrected chi connectivity index (χ3v) is 1.03. The molecule has 0 aromatic heterocycles. The van der Waals surface area contributed by atoms with Crippen LogP contribution in [-0.4, -0.2) is 22.8 Å². The van der Waals surface area contributed by atoms with Gasteiger partial charge in [0.15, 0.2) is 0 Å². The number of nitrogens with zero attached hydrogens (tertiary/aromatic N) is 2. The molecule has 0 fully saturated rings. The van der Waals surface area contributed by atoms with Gasteiger partial charge in [-0.25, -0.2) is 0 Å². The maximum atomic E-state index is 9.92. The van der Waals surface area contributed by atoms with E-state index in [1.54, 1.807) is 0 Å². The van der Waals surface area contributed by atoms with Crippen molar-refractivity contribution in [2.24, 2.45) is 0 Å². The molecule has 0 heterocycles. The molecule has 0 saturated heterocycles. The highest BCUT2D eigenvalue weighted by atomic mass is 17.0. The van der Waals surface area contributed by atoms with Gasteiger partial charge in [-0.3, -0.25) is 9.68 Å². The molecule has 84 valence electrons. The summed E-state index contributed by atoms with van der Waals surface area (Å²) in [4.78, 5) is 27.7. The van der Waals surface area contributed by atoms with Gasteiger partial charge in [0, 0.05) is 0 Å². The predicted molar refractivity (Wildman–Crippen MR) is 45.2 cm³/mol. The minimum atomic E-state index is -1.47. The Labute approximate surface area is 83.7 Å². The Morgan fingerprint density at radius 3 is 1.53 bits per heavy atom. The molecule has 0 aromatic rings. The lowest BCUT2D eigenvalue weighted by Crippen LogP contribution is -2.27. The summed E-state index contributed by atoms with van der Waals surface area (Å²) in [7, 11) is 0. The van der Waals surface area contributed by atoms with Gasteiger partial charge in [-0.2, -0.15) is 0 Å². The second-order valence-electron chi connectivity index (χ2n) is 2.00. The summed E-state index contributed by atoms with van der Waals surface area (Å²) in [5.74, 6) is 0. The summed E-state index contributed by atoms with van der Waals surface area (Å²) >= 11 is 0. The Balaban J connectivity index is 4.22. The lowest BCUT2D eigenvalue weighted by atomic mass is 10.6. The van der Waals surface area contributed by atoms with Gasteiger partial charge in [-0.05, 0) is 12.2 Å². The summed E-state index contributed by atoms with van der Waals surface area (Å²) in [5.41, 5.74) is 0. The number of rotatable bonds is 8. The maximum Gasteiger partial charge on any atom is 0.297 e. The topological polar surface area (TPSA) is 114 Å². The smallest absolute Gasteiger partial charge is 0.297 e. The van der Waals surface area contributed by atoms with E-state index >= 15 is 0 Å². The molecule has 0 aliphatic rings. The summed E-state index contributed by atoms with van der Waals surface area (Å²) < 4.78 is 4.61. The molecule has 0 aliphatic carbocycles.